The number of carbonyl (C=O) groups is 2. The Bertz CT molecular complexity index is 799. The van der Waals surface area contributed by atoms with Crippen LogP contribution in [0.2, 0.25) is 0 Å². The molecular formula is C22H32N4O4. The fraction of sp³-hybridized carbons (Fsp3) is 0.773. The second-order valence-electron chi connectivity index (χ2n) is 9.48. The lowest BCUT2D eigenvalue weighted by molar-refractivity contribution is -0.156. The summed E-state index contributed by atoms with van der Waals surface area (Å²) in [6.07, 6.45) is 4.41. The maximum Gasteiger partial charge on any atom is 0.310 e. The fourth-order valence-corrected chi connectivity index (χ4v) is 6.43. The first-order valence-electron chi connectivity index (χ1n) is 11.4. The van der Waals surface area contributed by atoms with Crippen molar-refractivity contribution in [3.63, 3.8) is 0 Å². The topological polar surface area (TPSA) is 96.7 Å². The van der Waals surface area contributed by atoms with Gasteiger partial charge < -0.3 is 19.9 Å². The molecule has 8 nitrogen and oxygen atoms in total. The average Bonchev–Trinajstić information content (AvgIpc) is 3.24. The van der Waals surface area contributed by atoms with Crippen molar-refractivity contribution in [2.75, 3.05) is 39.3 Å². The Morgan fingerprint density at radius 2 is 2.00 bits per heavy atom. The van der Waals surface area contributed by atoms with E-state index in [1.54, 1.807) is 0 Å². The van der Waals surface area contributed by atoms with Gasteiger partial charge in [-0.15, -0.1) is 0 Å². The van der Waals surface area contributed by atoms with Crippen molar-refractivity contribution in [2.24, 2.45) is 29.1 Å². The summed E-state index contributed by atoms with van der Waals surface area (Å²) in [6, 6.07) is 1.82. The molecule has 0 radical (unpaired) electrons. The minimum absolute atomic E-state index is 0.0295. The van der Waals surface area contributed by atoms with Gasteiger partial charge in [-0.2, -0.15) is 0 Å². The minimum Gasteiger partial charge on any atom is -0.464 e. The van der Waals surface area contributed by atoms with Crippen molar-refractivity contribution in [3.05, 3.63) is 17.5 Å². The van der Waals surface area contributed by atoms with Crippen LogP contribution in [0.15, 0.2) is 10.6 Å². The summed E-state index contributed by atoms with van der Waals surface area (Å²) < 4.78 is 10.8. The SMILES string of the molecule is Cc1cc(CNC(=O)[C@H]2[C@H](C(=O)OCCN3CCNCC3)[C@H]3CC[C@@H]2C32CC2)no1. The number of hydrogen-bond donors (Lipinski definition) is 2. The first kappa shape index (κ1) is 20.0. The third kappa shape index (κ3) is 3.54. The number of esters is 1. The molecule has 0 aromatic carbocycles. The molecule has 8 heteroatoms. The van der Waals surface area contributed by atoms with Gasteiger partial charge in [0.15, 0.2) is 0 Å². The number of aromatic nitrogens is 1. The third-order valence-electron chi connectivity index (χ3n) is 7.90. The van der Waals surface area contributed by atoms with Crippen LogP contribution < -0.4 is 10.6 Å². The van der Waals surface area contributed by atoms with Gasteiger partial charge in [0.1, 0.15) is 18.1 Å². The number of aryl methyl sites for hydroxylation is 1. The normalized spacial score (nSPS) is 31.8. The van der Waals surface area contributed by atoms with Gasteiger partial charge in [-0.1, -0.05) is 5.16 Å². The summed E-state index contributed by atoms with van der Waals surface area (Å²) in [7, 11) is 0. The van der Waals surface area contributed by atoms with Crippen LogP contribution in [0.5, 0.6) is 0 Å². The van der Waals surface area contributed by atoms with E-state index >= 15 is 0 Å². The summed E-state index contributed by atoms with van der Waals surface area (Å²) in [5.74, 6) is 0.576. The van der Waals surface area contributed by atoms with E-state index in [0.717, 1.165) is 64.2 Å². The van der Waals surface area contributed by atoms with Gasteiger partial charge >= 0.3 is 5.97 Å². The molecule has 3 saturated carbocycles. The summed E-state index contributed by atoms with van der Waals surface area (Å²) in [5.41, 5.74) is 0.926. The zero-order valence-electron chi connectivity index (χ0n) is 17.7. The van der Waals surface area contributed by atoms with E-state index in [2.05, 4.69) is 20.7 Å². The fourth-order valence-electron chi connectivity index (χ4n) is 6.43. The van der Waals surface area contributed by atoms with Gasteiger partial charge in [0.05, 0.1) is 18.4 Å². The highest BCUT2D eigenvalue weighted by Crippen LogP contribution is 2.74. The van der Waals surface area contributed by atoms with Gasteiger partial charge in [-0.05, 0) is 49.9 Å². The van der Waals surface area contributed by atoms with Crippen LogP contribution in [-0.2, 0) is 20.9 Å². The Labute approximate surface area is 177 Å². The summed E-state index contributed by atoms with van der Waals surface area (Å²) in [5, 5.41) is 10.3. The molecule has 1 aromatic rings. The number of nitrogens with zero attached hydrogens (tertiary/aromatic N) is 2. The molecule has 1 saturated heterocycles. The largest absolute Gasteiger partial charge is 0.464 e. The summed E-state index contributed by atoms with van der Waals surface area (Å²) in [4.78, 5) is 28.6. The number of rotatable bonds is 7. The van der Waals surface area contributed by atoms with Crippen LogP contribution in [-0.4, -0.2) is 61.3 Å². The summed E-state index contributed by atoms with van der Waals surface area (Å²) in [6.45, 7) is 7.28. The second-order valence-corrected chi connectivity index (χ2v) is 9.48. The van der Waals surface area contributed by atoms with Gasteiger partial charge in [-0.3, -0.25) is 14.5 Å². The number of ether oxygens (including phenoxy) is 1. The van der Waals surface area contributed by atoms with Gasteiger partial charge in [0, 0.05) is 38.8 Å². The van der Waals surface area contributed by atoms with Crippen LogP contribution in [0.4, 0.5) is 0 Å². The number of piperazine rings is 1. The predicted molar refractivity (Wildman–Crippen MR) is 108 cm³/mol. The monoisotopic (exact) mass is 416 g/mol. The third-order valence-corrected chi connectivity index (χ3v) is 7.90. The van der Waals surface area contributed by atoms with Crippen LogP contribution in [0.25, 0.3) is 0 Å². The molecule has 4 atom stereocenters. The molecular weight excluding hydrogens is 384 g/mol. The average molecular weight is 417 g/mol. The van der Waals surface area contributed by atoms with Crippen molar-refractivity contribution in [1.82, 2.24) is 20.7 Å². The maximum atomic E-state index is 13.2. The Morgan fingerprint density at radius 3 is 2.67 bits per heavy atom. The lowest BCUT2D eigenvalue weighted by Gasteiger charge is -2.29. The summed E-state index contributed by atoms with van der Waals surface area (Å²) >= 11 is 0. The van der Waals surface area contributed by atoms with Gasteiger partial charge in [0.2, 0.25) is 5.91 Å². The zero-order chi connectivity index (χ0) is 20.7. The second kappa shape index (κ2) is 7.96. The molecule has 4 aliphatic rings. The molecule has 30 heavy (non-hydrogen) atoms. The Balaban J connectivity index is 1.22. The molecule has 1 spiro atoms. The van der Waals surface area contributed by atoms with Crippen molar-refractivity contribution < 1.29 is 18.8 Å². The van der Waals surface area contributed by atoms with Crippen LogP contribution in [0.3, 0.4) is 0 Å². The number of hydrogen-bond acceptors (Lipinski definition) is 7. The van der Waals surface area contributed by atoms with E-state index in [4.69, 9.17) is 9.26 Å². The van der Waals surface area contributed by atoms with Crippen LogP contribution >= 0.6 is 0 Å². The Morgan fingerprint density at radius 1 is 1.27 bits per heavy atom. The van der Waals surface area contributed by atoms with Crippen LogP contribution in [0, 0.1) is 36.0 Å². The quantitative estimate of drug-likeness (QED) is 0.643. The number of nitrogens with one attached hydrogen (secondary N) is 2. The van der Waals surface area contributed by atoms with E-state index < -0.39 is 0 Å². The number of carbonyl (C=O) groups excluding carboxylic acids is 2. The highest BCUT2D eigenvalue weighted by Gasteiger charge is 2.71. The minimum atomic E-state index is -0.298. The molecule has 3 aliphatic carbocycles. The lowest BCUT2D eigenvalue weighted by atomic mass is 9.78. The van der Waals surface area contributed by atoms with Gasteiger partial charge in [-0.25, -0.2) is 0 Å². The van der Waals surface area contributed by atoms with E-state index in [0.29, 0.717) is 30.7 Å². The molecule has 2 N–H and O–H groups in total. The number of amides is 1. The molecule has 5 rings (SSSR count). The molecule has 2 heterocycles. The van der Waals surface area contributed by atoms with E-state index in [-0.39, 0.29) is 29.1 Å². The van der Waals surface area contributed by atoms with E-state index in [1.165, 1.54) is 0 Å². The maximum absolute atomic E-state index is 13.2. The molecule has 164 valence electrons. The highest BCUT2D eigenvalue weighted by molar-refractivity contribution is 5.87. The van der Waals surface area contributed by atoms with Crippen LogP contribution in [0.1, 0.15) is 37.1 Å². The molecule has 0 unspecified atom stereocenters. The van der Waals surface area contributed by atoms with Gasteiger partial charge in [0.25, 0.3) is 0 Å². The highest BCUT2D eigenvalue weighted by atomic mass is 16.5. The first-order chi connectivity index (χ1) is 14.6. The van der Waals surface area contributed by atoms with E-state index in [9.17, 15) is 9.59 Å². The van der Waals surface area contributed by atoms with Crippen molar-refractivity contribution in [2.45, 2.75) is 39.2 Å². The van der Waals surface area contributed by atoms with Crippen molar-refractivity contribution >= 4 is 11.9 Å². The standard InChI is InChI=1S/C22H32N4O4/c1-14-12-15(25-30-14)13-24-20(27)18-16-2-3-17(22(16)4-5-22)19(18)21(28)29-11-10-26-8-6-23-7-9-26/h12,16-19,23H,2-11,13H2,1H3,(H,24,27)/t16-,17+,18+,19+/m0/s1. The molecule has 4 fully saturated rings. The van der Waals surface area contributed by atoms with Crippen molar-refractivity contribution in [1.29, 1.82) is 0 Å². The predicted octanol–water partition coefficient (Wildman–Crippen LogP) is 1.10. The Kier molecular flexibility index (Phi) is 5.31. The zero-order valence-corrected chi connectivity index (χ0v) is 17.7. The Hall–Kier alpha value is -1.93. The molecule has 1 amide bonds. The molecule has 1 aromatic heterocycles. The molecule has 1 aliphatic heterocycles. The first-order valence-corrected chi connectivity index (χ1v) is 11.4. The van der Waals surface area contributed by atoms with E-state index in [1.807, 2.05) is 13.0 Å². The van der Waals surface area contributed by atoms with Crippen molar-refractivity contribution in [3.8, 4) is 0 Å². The smallest absolute Gasteiger partial charge is 0.310 e. The molecule has 2 bridgehead atoms. The lowest BCUT2D eigenvalue weighted by Crippen LogP contribution is -2.45.